The third kappa shape index (κ3) is 3.80. The Hall–Kier alpha value is -3.93. The highest BCUT2D eigenvalue weighted by Crippen LogP contribution is 2.31. The monoisotopic (exact) mass is 410 g/mol. The molecule has 31 heavy (non-hydrogen) atoms. The smallest absolute Gasteiger partial charge is 0.257 e. The van der Waals surface area contributed by atoms with Gasteiger partial charge in [0.25, 0.3) is 11.8 Å². The second kappa shape index (κ2) is 8.07. The van der Waals surface area contributed by atoms with Gasteiger partial charge in [-0.1, -0.05) is 18.2 Å². The quantitative estimate of drug-likeness (QED) is 0.445. The topological polar surface area (TPSA) is 86.9 Å². The van der Waals surface area contributed by atoms with Crippen LogP contribution in [0.1, 0.15) is 44.8 Å². The normalized spacial score (nSPS) is 12.9. The van der Waals surface area contributed by atoms with Crippen LogP contribution >= 0.6 is 0 Å². The average molecular weight is 410 g/mol. The first-order valence-corrected chi connectivity index (χ1v) is 10.4. The number of amides is 2. The maximum Gasteiger partial charge on any atom is 0.257 e. The number of carbonyl (C=O) groups is 2. The first-order chi connectivity index (χ1) is 15.2. The molecule has 0 unspecified atom stereocenters. The van der Waals surface area contributed by atoms with Crippen LogP contribution in [-0.4, -0.2) is 21.8 Å². The lowest BCUT2D eigenvalue weighted by atomic mass is 9.95. The summed E-state index contributed by atoms with van der Waals surface area (Å²) < 4.78 is 0. The van der Waals surface area contributed by atoms with Gasteiger partial charge in [-0.25, -0.2) is 0 Å². The molecule has 2 heterocycles. The predicted octanol–water partition coefficient (Wildman–Crippen LogP) is 4.95. The van der Waals surface area contributed by atoms with E-state index in [9.17, 15) is 9.59 Å². The molecule has 0 saturated heterocycles. The van der Waals surface area contributed by atoms with Crippen molar-refractivity contribution in [2.24, 2.45) is 0 Å². The molecule has 3 N–H and O–H groups in total. The number of hydrogen-bond donors (Lipinski definition) is 3. The zero-order chi connectivity index (χ0) is 21.2. The van der Waals surface area contributed by atoms with Crippen LogP contribution in [0.3, 0.4) is 0 Å². The van der Waals surface area contributed by atoms with E-state index in [0.29, 0.717) is 22.5 Å². The molecule has 2 amide bonds. The summed E-state index contributed by atoms with van der Waals surface area (Å²) in [7, 11) is 0. The summed E-state index contributed by atoms with van der Waals surface area (Å²) in [6.45, 7) is 0. The van der Waals surface area contributed by atoms with E-state index in [4.69, 9.17) is 0 Å². The molecule has 0 aliphatic heterocycles. The van der Waals surface area contributed by atoms with Gasteiger partial charge < -0.3 is 15.6 Å². The van der Waals surface area contributed by atoms with Gasteiger partial charge in [0, 0.05) is 40.4 Å². The fraction of sp³-hybridized carbons (Fsp3) is 0.160. The molecule has 0 spiro atoms. The third-order valence-electron chi connectivity index (χ3n) is 5.70. The number of nitrogens with zero attached hydrogens (tertiary/aromatic N) is 1. The zero-order valence-electron chi connectivity index (χ0n) is 16.9. The van der Waals surface area contributed by atoms with Crippen molar-refractivity contribution in [1.29, 1.82) is 0 Å². The van der Waals surface area contributed by atoms with Crippen LogP contribution in [0.5, 0.6) is 0 Å². The van der Waals surface area contributed by atoms with Crippen LogP contribution in [-0.2, 0) is 12.8 Å². The lowest BCUT2D eigenvalue weighted by molar-refractivity contribution is 0.101. The molecule has 0 radical (unpaired) electrons. The Morgan fingerprint density at radius 3 is 2.48 bits per heavy atom. The molecule has 1 aliphatic carbocycles. The van der Waals surface area contributed by atoms with Crippen LogP contribution in [0.4, 0.5) is 11.4 Å². The number of para-hydroxylation sites is 1. The molecular weight excluding hydrogens is 388 g/mol. The van der Waals surface area contributed by atoms with E-state index in [0.717, 1.165) is 23.7 Å². The third-order valence-corrected chi connectivity index (χ3v) is 5.70. The number of anilines is 2. The minimum absolute atomic E-state index is 0.198. The van der Waals surface area contributed by atoms with Gasteiger partial charge in [0.15, 0.2) is 0 Å². The van der Waals surface area contributed by atoms with E-state index in [1.54, 1.807) is 48.8 Å². The van der Waals surface area contributed by atoms with Crippen molar-refractivity contribution in [1.82, 2.24) is 9.97 Å². The molecule has 2 aromatic carbocycles. The largest absolute Gasteiger partial charge is 0.358 e. The molecule has 0 atom stereocenters. The first-order valence-electron chi connectivity index (χ1n) is 10.4. The van der Waals surface area contributed by atoms with Crippen molar-refractivity contribution < 1.29 is 9.59 Å². The van der Waals surface area contributed by atoms with Gasteiger partial charge in [-0.15, -0.1) is 0 Å². The molecule has 6 heteroatoms. The van der Waals surface area contributed by atoms with Crippen molar-refractivity contribution in [3.63, 3.8) is 0 Å². The number of H-pyrrole nitrogens is 1. The molecule has 5 rings (SSSR count). The number of carbonyl (C=O) groups excluding carboxylic acids is 2. The summed E-state index contributed by atoms with van der Waals surface area (Å²) in [5.74, 6) is -0.447. The highest BCUT2D eigenvalue weighted by atomic mass is 16.2. The molecule has 0 fully saturated rings. The van der Waals surface area contributed by atoms with E-state index in [-0.39, 0.29) is 11.8 Å². The molecular formula is C25H22N4O2. The average Bonchev–Trinajstić information content (AvgIpc) is 3.19. The van der Waals surface area contributed by atoms with E-state index >= 15 is 0 Å². The Morgan fingerprint density at radius 1 is 0.839 bits per heavy atom. The number of hydrogen-bond acceptors (Lipinski definition) is 3. The van der Waals surface area contributed by atoms with Crippen molar-refractivity contribution in [2.75, 3.05) is 10.6 Å². The lowest BCUT2D eigenvalue weighted by Crippen LogP contribution is -2.15. The summed E-state index contributed by atoms with van der Waals surface area (Å²) in [5.41, 5.74) is 5.78. The number of aryl methyl sites for hydroxylation is 2. The second-order valence-electron chi connectivity index (χ2n) is 7.74. The minimum Gasteiger partial charge on any atom is -0.358 e. The summed E-state index contributed by atoms with van der Waals surface area (Å²) in [6.07, 6.45) is 7.67. The zero-order valence-corrected chi connectivity index (χ0v) is 16.9. The molecule has 1 aliphatic rings. The maximum absolute atomic E-state index is 13.1. The van der Waals surface area contributed by atoms with E-state index in [1.807, 2.05) is 12.1 Å². The number of rotatable bonds is 4. The van der Waals surface area contributed by atoms with Gasteiger partial charge in [0.1, 0.15) is 0 Å². The standard InChI is InChI=1S/C25H22N4O2/c30-24(27-17-11-13-26-14-12-17)16-5-3-6-18(15-16)28-25(31)21-9-4-8-20-19-7-1-2-10-22(19)29-23(20)21/h3-6,8-9,11-15,29H,1-2,7,10H2,(H,28,31)(H,26,27,30). The van der Waals surface area contributed by atoms with Crippen molar-refractivity contribution in [3.05, 3.63) is 89.4 Å². The molecule has 6 nitrogen and oxygen atoms in total. The highest BCUT2D eigenvalue weighted by Gasteiger charge is 2.19. The Morgan fingerprint density at radius 2 is 1.61 bits per heavy atom. The van der Waals surface area contributed by atoms with Gasteiger partial charge in [-0.3, -0.25) is 14.6 Å². The predicted molar refractivity (Wildman–Crippen MR) is 122 cm³/mol. The highest BCUT2D eigenvalue weighted by molar-refractivity contribution is 6.13. The fourth-order valence-electron chi connectivity index (χ4n) is 4.19. The van der Waals surface area contributed by atoms with Gasteiger partial charge >= 0.3 is 0 Å². The Bertz CT molecular complexity index is 1280. The van der Waals surface area contributed by atoms with E-state index < -0.39 is 0 Å². The van der Waals surface area contributed by atoms with Crippen LogP contribution in [0.2, 0.25) is 0 Å². The van der Waals surface area contributed by atoms with Crippen LogP contribution in [0.25, 0.3) is 10.9 Å². The van der Waals surface area contributed by atoms with Crippen molar-refractivity contribution >= 4 is 34.1 Å². The Kier molecular flexibility index (Phi) is 4.96. The molecule has 154 valence electrons. The van der Waals surface area contributed by atoms with Crippen LogP contribution in [0, 0.1) is 0 Å². The number of aromatic amines is 1. The Labute approximate surface area is 179 Å². The van der Waals surface area contributed by atoms with Crippen LogP contribution in [0.15, 0.2) is 67.0 Å². The lowest BCUT2D eigenvalue weighted by Gasteiger charge is -2.10. The van der Waals surface area contributed by atoms with Gasteiger partial charge in [0.2, 0.25) is 0 Å². The van der Waals surface area contributed by atoms with Crippen LogP contribution < -0.4 is 10.6 Å². The Balaban J connectivity index is 1.38. The summed E-state index contributed by atoms with van der Waals surface area (Å²) >= 11 is 0. The van der Waals surface area contributed by atoms with Gasteiger partial charge in [-0.2, -0.15) is 0 Å². The number of pyridine rings is 1. The summed E-state index contributed by atoms with van der Waals surface area (Å²) in [5, 5.41) is 6.90. The number of nitrogens with one attached hydrogen (secondary N) is 3. The summed E-state index contributed by atoms with van der Waals surface area (Å²) in [6, 6.07) is 16.2. The molecule has 0 bridgehead atoms. The molecule has 0 saturated carbocycles. The summed E-state index contributed by atoms with van der Waals surface area (Å²) in [4.78, 5) is 33.1. The van der Waals surface area contributed by atoms with Gasteiger partial charge in [-0.05, 0) is 67.6 Å². The van der Waals surface area contributed by atoms with E-state index in [1.165, 1.54) is 24.1 Å². The molecule has 2 aromatic heterocycles. The van der Waals surface area contributed by atoms with Gasteiger partial charge in [0.05, 0.1) is 11.1 Å². The van der Waals surface area contributed by atoms with Crippen molar-refractivity contribution in [3.8, 4) is 0 Å². The second-order valence-corrected chi connectivity index (χ2v) is 7.74. The fourth-order valence-corrected chi connectivity index (χ4v) is 4.19. The maximum atomic E-state index is 13.1. The number of benzene rings is 2. The van der Waals surface area contributed by atoms with Crippen molar-refractivity contribution in [2.45, 2.75) is 25.7 Å². The SMILES string of the molecule is O=C(Nc1ccncc1)c1cccc(NC(=O)c2cccc3c4c([nH]c23)CCCC4)c1. The molecule has 4 aromatic rings. The first kappa shape index (κ1) is 19.1. The number of aromatic nitrogens is 2. The number of fused-ring (bicyclic) bond motifs is 3. The van der Waals surface area contributed by atoms with E-state index in [2.05, 4.69) is 26.7 Å². The minimum atomic E-state index is -0.249.